The zero-order valence-corrected chi connectivity index (χ0v) is 13.2. The van der Waals surface area contributed by atoms with Gasteiger partial charge in [-0.3, -0.25) is 4.99 Å². The summed E-state index contributed by atoms with van der Waals surface area (Å²) in [4.78, 5) is 5.37. The second-order valence-corrected chi connectivity index (χ2v) is 5.97. The second-order valence-electron chi connectivity index (χ2n) is 5.13. The Bertz CT molecular complexity index is 734. The van der Waals surface area contributed by atoms with Crippen LogP contribution in [-0.4, -0.2) is 17.4 Å². The molecule has 2 aromatic heterocycles. The molecule has 3 rings (SSSR count). The van der Waals surface area contributed by atoms with E-state index in [9.17, 15) is 0 Å². The van der Waals surface area contributed by atoms with Crippen LogP contribution >= 0.6 is 11.3 Å². The molecule has 2 aromatic rings. The van der Waals surface area contributed by atoms with Gasteiger partial charge < -0.3 is 4.42 Å². The van der Waals surface area contributed by atoms with E-state index < -0.39 is 0 Å². The molecule has 0 radical (unpaired) electrons. The molecule has 0 fully saturated rings. The minimum Gasteiger partial charge on any atom is -0.463 e. The van der Waals surface area contributed by atoms with Crippen molar-refractivity contribution in [2.24, 2.45) is 16.0 Å². The molecule has 1 atom stereocenters. The molecule has 0 bridgehead atoms. The average Bonchev–Trinajstić information content (AvgIpc) is 3.21. The van der Waals surface area contributed by atoms with Crippen molar-refractivity contribution in [2.75, 3.05) is 6.54 Å². The van der Waals surface area contributed by atoms with E-state index in [2.05, 4.69) is 28.8 Å². The van der Waals surface area contributed by atoms with Crippen molar-refractivity contribution in [1.82, 2.24) is 4.68 Å². The lowest BCUT2D eigenvalue weighted by Gasteiger charge is -2.12. The van der Waals surface area contributed by atoms with Gasteiger partial charge in [-0.1, -0.05) is 18.2 Å². The third-order valence-electron chi connectivity index (χ3n) is 3.52. The van der Waals surface area contributed by atoms with Crippen LogP contribution in [0.15, 0.2) is 63.1 Å². The highest BCUT2D eigenvalue weighted by Crippen LogP contribution is 2.21. The van der Waals surface area contributed by atoms with E-state index in [0.717, 1.165) is 35.5 Å². The van der Waals surface area contributed by atoms with Gasteiger partial charge in [-0.25, -0.2) is 4.68 Å². The molecule has 0 aliphatic heterocycles. The van der Waals surface area contributed by atoms with Crippen molar-refractivity contribution in [3.8, 4) is 11.5 Å². The molecule has 1 aliphatic rings. The molecule has 1 unspecified atom stereocenters. The van der Waals surface area contributed by atoms with Gasteiger partial charge in [-0.2, -0.15) is 5.10 Å². The Kier molecular flexibility index (Phi) is 4.85. The Morgan fingerprint density at radius 1 is 1.45 bits per heavy atom. The van der Waals surface area contributed by atoms with Gasteiger partial charge in [-0.15, -0.1) is 17.9 Å². The normalized spacial score (nSPS) is 19.1. The van der Waals surface area contributed by atoms with Gasteiger partial charge in [0.25, 0.3) is 0 Å². The van der Waals surface area contributed by atoms with Gasteiger partial charge in [0.2, 0.25) is 4.80 Å². The van der Waals surface area contributed by atoms with Crippen LogP contribution in [-0.2, 0) is 0 Å². The van der Waals surface area contributed by atoms with Crippen LogP contribution in [0.5, 0.6) is 0 Å². The highest BCUT2D eigenvalue weighted by atomic mass is 32.1. The number of aromatic nitrogens is 1. The Hall–Kier alpha value is -2.14. The van der Waals surface area contributed by atoms with Crippen molar-refractivity contribution in [1.29, 1.82) is 0 Å². The first-order valence-electron chi connectivity index (χ1n) is 7.44. The number of hydrogen-bond acceptors (Lipinski definition) is 4. The number of furan rings is 1. The van der Waals surface area contributed by atoms with Crippen molar-refractivity contribution in [3.63, 3.8) is 0 Å². The minimum absolute atomic E-state index is 0.495. The molecule has 1 aliphatic carbocycles. The summed E-state index contributed by atoms with van der Waals surface area (Å²) >= 11 is 1.56. The number of allylic oxidation sites excluding steroid dienone is 2. The van der Waals surface area contributed by atoms with Gasteiger partial charge in [0.1, 0.15) is 5.69 Å². The number of thiazole rings is 1. The zero-order chi connectivity index (χ0) is 15.2. The predicted molar refractivity (Wildman–Crippen MR) is 91.0 cm³/mol. The molecule has 0 amide bonds. The van der Waals surface area contributed by atoms with Crippen molar-refractivity contribution >= 4 is 17.6 Å². The number of nitrogens with zero attached hydrogens (tertiary/aromatic N) is 3. The zero-order valence-electron chi connectivity index (χ0n) is 12.4. The molecule has 0 saturated heterocycles. The van der Waals surface area contributed by atoms with Crippen LogP contribution < -0.4 is 4.80 Å². The van der Waals surface area contributed by atoms with E-state index in [1.807, 2.05) is 28.4 Å². The largest absolute Gasteiger partial charge is 0.463 e. The summed E-state index contributed by atoms with van der Waals surface area (Å²) in [6.07, 6.45) is 13.3. The summed E-state index contributed by atoms with van der Waals surface area (Å²) < 4.78 is 7.38. The molecule has 0 aromatic carbocycles. The Morgan fingerprint density at radius 3 is 3.14 bits per heavy atom. The summed E-state index contributed by atoms with van der Waals surface area (Å²) in [5.74, 6) is 1.30. The topological polar surface area (TPSA) is 42.8 Å². The van der Waals surface area contributed by atoms with E-state index >= 15 is 0 Å². The molecule has 114 valence electrons. The van der Waals surface area contributed by atoms with Gasteiger partial charge in [0.15, 0.2) is 5.76 Å². The van der Waals surface area contributed by atoms with Gasteiger partial charge in [0.05, 0.1) is 12.8 Å². The predicted octanol–water partition coefficient (Wildman–Crippen LogP) is 4.09. The lowest BCUT2D eigenvalue weighted by Crippen LogP contribution is -2.14. The molecule has 0 spiro atoms. The fourth-order valence-corrected chi connectivity index (χ4v) is 3.20. The molecular weight excluding hydrogens is 294 g/mol. The molecule has 4 nitrogen and oxygen atoms in total. The molecule has 22 heavy (non-hydrogen) atoms. The highest BCUT2D eigenvalue weighted by molar-refractivity contribution is 7.07. The van der Waals surface area contributed by atoms with E-state index in [0.29, 0.717) is 12.5 Å². The van der Waals surface area contributed by atoms with E-state index in [-0.39, 0.29) is 0 Å². The minimum atomic E-state index is 0.495. The first kappa shape index (κ1) is 14.8. The molecular formula is C17H19N3OS. The quantitative estimate of drug-likeness (QED) is 0.605. The van der Waals surface area contributed by atoms with Crippen LogP contribution in [0.1, 0.15) is 19.3 Å². The van der Waals surface area contributed by atoms with Gasteiger partial charge in [-0.05, 0) is 37.3 Å². The second kappa shape index (κ2) is 7.22. The number of hydrogen-bond donors (Lipinski definition) is 0. The third-order valence-corrected chi connectivity index (χ3v) is 4.37. The fraction of sp³-hybridized carbons (Fsp3) is 0.294. The lowest BCUT2D eigenvalue weighted by molar-refractivity contribution is 0.574. The van der Waals surface area contributed by atoms with Gasteiger partial charge >= 0.3 is 0 Å². The monoisotopic (exact) mass is 313 g/mol. The van der Waals surface area contributed by atoms with Crippen molar-refractivity contribution in [2.45, 2.75) is 19.3 Å². The average molecular weight is 313 g/mol. The SMILES string of the molecule is C=CCN=c1scc(-c2ccco2)n1N=CC1CC=CCC1. The lowest BCUT2D eigenvalue weighted by atomic mass is 9.96. The van der Waals surface area contributed by atoms with Crippen LogP contribution in [0.2, 0.25) is 0 Å². The first-order valence-corrected chi connectivity index (χ1v) is 8.31. The smallest absolute Gasteiger partial charge is 0.206 e. The Morgan fingerprint density at radius 2 is 2.41 bits per heavy atom. The summed E-state index contributed by atoms with van der Waals surface area (Å²) in [5, 5.41) is 6.71. The Balaban J connectivity index is 1.95. The summed E-state index contributed by atoms with van der Waals surface area (Å²) in [7, 11) is 0. The molecule has 0 N–H and O–H groups in total. The highest BCUT2D eigenvalue weighted by Gasteiger charge is 2.11. The summed E-state index contributed by atoms with van der Waals surface area (Å²) in [5.41, 5.74) is 0.931. The van der Waals surface area contributed by atoms with Crippen LogP contribution in [0.4, 0.5) is 0 Å². The summed E-state index contributed by atoms with van der Waals surface area (Å²) in [6.45, 7) is 4.30. The standard InChI is InChI=1S/C17H19N3OS/c1-2-10-18-17-20(19-12-14-7-4-3-5-8-14)15(13-22-17)16-9-6-11-21-16/h2-4,6,9,11-14H,1,5,7-8,10H2. The van der Waals surface area contributed by atoms with E-state index in [1.165, 1.54) is 0 Å². The Labute approximate surface area is 133 Å². The van der Waals surface area contributed by atoms with Crippen LogP contribution in [0.25, 0.3) is 11.5 Å². The maximum absolute atomic E-state index is 5.51. The summed E-state index contributed by atoms with van der Waals surface area (Å²) in [6, 6.07) is 3.82. The maximum Gasteiger partial charge on any atom is 0.206 e. The maximum atomic E-state index is 5.51. The third kappa shape index (κ3) is 3.36. The van der Waals surface area contributed by atoms with E-state index in [4.69, 9.17) is 4.42 Å². The van der Waals surface area contributed by atoms with Crippen LogP contribution in [0, 0.1) is 5.92 Å². The van der Waals surface area contributed by atoms with Gasteiger partial charge in [0, 0.05) is 11.6 Å². The molecule has 2 heterocycles. The fourth-order valence-electron chi connectivity index (χ4n) is 2.37. The van der Waals surface area contributed by atoms with Crippen molar-refractivity contribution in [3.05, 3.63) is 53.4 Å². The molecule has 0 saturated carbocycles. The number of rotatable bonds is 5. The van der Waals surface area contributed by atoms with Crippen molar-refractivity contribution < 1.29 is 4.42 Å². The molecule has 5 heteroatoms. The van der Waals surface area contributed by atoms with E-state index in [1.54, 1.807) is 23.7 Å². The van der Waals surface area contributed by atoms with Crippen LogP contribution in [0.3, 0.4) is 0 Å². The first-order chi connectivity index (χ1) is 10.9.